The van der Waals surface area contributed by atoms with Gasteiger partial charge in [-0.1, -0.05) is 23.3 Å². The van der Waals surface area contributed by atoms with Crippen molar-refractivity contribution in [3.05, 3.63) is 18.2 Å². The lowest BCUT2D eigenvalue weighted by Crippen LogP contribution is -1.99. The van der Waals surface area contributed by atoms with Gasteiger partial charge in [-0.15, -0.1) is 0 Å². The van der Waals surface area contributed by atoms with E-state index in [0.29, 0.717) is 11.5 Å². The van der Waals surface area contributed by atoms with E-state index in [2.05, 4.69) is 9.97 Å². The van der Waals surface area contributed by atoms with Crippen LogP contribution in [0.15, 0.2) is 23.3 Å². The van der Waals surface area contributed by atoms with Gasteiger partial charge in [-0.2, -0.15) is 0 Å². The molecule has 2 aromatic rings. The number of imidazole rings is 1. The zero-order valence-electron chi connectivity index (χ0n) is 7.59. The number of hydrogen-bond acceptors (Lipinski definition) is 2. The number of thioether (sulfide) groups is 1. The van der Waals surface area contributed by atoms with E-state index < -0.39 is 0 Å². The lowest BCUT2D eigenvalue weighted by Gasteiger charge is -1.89. The lowest BCUT2D eigenvalue weighted by atomic mass is 9.96. The van der Waals surface area contributed by atoms with Gasteiger partial charge in [-0.25, -0.2) is 4.98 Å². The molecule has 0 bridgehead atoms. The van der Waals surface area contributed by atoms with Crippen LogP contribution < -0.4 is 5.46 Å². The van der Waals surface area contributed by atoms with Gasteiger partial charge in [0.05, 0.1) is 12.4 Å². The van der Waals surface area contributed by atoms with Gasteiger partial charge in [0.25, 0.3) is 0 Å². The molecular formula is C8H7BN2S. The van der Waals surface area contributed by atoms with E-state index in [0.717, 1.165) is 16.2 Å². The molecule has 12 heavy (non-hydrogen) atoms. The van der Waals surface area contributed by atoms with Crippen molar-refractivity contribution in [1.29, 1.82) is 0 Å². The maximum Gasteiger partial charge on any atom is 0.166 e. The van der Waals surface area contributed by atoms with Crippen molar-refractivity contribution in [3.8, 4) is 0 Å². The summed E-state index contributed by atoms with van der Waals surface area (Å²) in [5.41, 5.74) is 2.16. The predicted octanol–water partition coefficient (Wildman–Crippen LogP) is 1.08. The summed E-state index contributed by atoms with van der Waals surface area (Å²) in [6.45, 7) is 0. The Kier molecular flexibility index (Phi) is 1.58. The summed E-state index contributed by atoms with van der Waals surface area (Å²) in [6, 6.07) is 3.73. The lowest BCUT2D eigenvalue weighted by molar-refractivity contribution is 1.09. The first-order valence-corrected chi connectivity index (χ1v) is 4.73. The Bertz CT molecular complexity index is 416. The van der Waals surface area contributed by atoms with Gasteiger partial charge in [0.2, 0.25) is 0 Å². The summed E-state index contributed by atoms with van der Waals surface area (Å²) in [6.07, 6.45) is 1.95. The van der Waals surface area contributed by atoms with Crippen LogP contribution in [0, 0.1) is 0 Å². The number of aromatic amines is 1. The minimum absolute atomic E-state index is 0.326. The molecule has 0 saturated heterocycles. The second-order valence-corrected chi connectivity index (χ2v) is 3.23. The molecule has 2 radical (unpaired) electrons. The third kappa shape index (κ3) is 1.22. The van der Waals surface area contributed by atoms with E-state index in [-0.39, 0.29) is 0 Å². The van der Waals surface area contributed by atoms with Gasteiger partial charge in [-0.05, 0) is 18.4 Å². The Morgan fingerprint density at radius 2 is 2.58 bits per heavy atom. The van der Waals surface area contributed by atoms with Crippen molar-refractivity contribution in [2.45, 2.75) is 5.16 Å². The fraction of sp³-hybridized carbons (Fsp3) is 0.125. The Balaban J connectivity index is 2.70. The number of aromatic nitrogens is 2. The molecule has 58 valence electrons. The number of nitrogens with one attached hydrogen (secondary N) is 1. The predicted molar refractivity (Wildman–Crippen MR) is 53.3 cm³/mol. The van der Waals surface area contributed by atoms with Gasteiger partial charge in [0, 0.05) is 0 Å². The van der Waals surface area contributed by atoms with E-state index in [9.17, 15) is 0 Å². The first-order chi connectivity index (χ1) is 6.20. The first kappa shape index (κ1) is 6.60. The van der Waals surface area contributed by atoms with E-state index in [1.54, 1.807) is 12.1 Å². The van der Waals surface area contributed by atoms with E-state index in [1.165, 1.54) is 11.8 Å². The summed E-state index contributed by atoms with van der Waals surface area (Å²) in [5.74, 6) is 0. The summed E-state index contributed by atoms with van der Waals surface area (Å²) in [4.78, 5) is 7.37. The molecule has 1 heterocycles. The quantitative estimate of drug-likeness (QED) is 0.518. The molecule has 0 aliphatic rings. The van der Waals surface area contributed by atoms with Crippen LogP contribution >= 0.6 is 11.8 Å². The molecule has 0 aliphatic carbocycles. The van der Waals surface area contributed by atoms with Crippen LogP contribution in [0.4, 0.5) is 0 Å². The summed E-state index contributed by atoms with van der Waals surface area (Å²) in [5, 5.41) is 0.847. The van der Waals surface area contributed by atoms with Crippen molar-refractivity contribution in [2.75, 3.05) is 6.26 Å². The van der Waals surface area contributed by atoms with Gasteiger partial charge in [-0.3, -0.25) is 0 Å². The number of nitrogens with zero attached hydrogens (tertiary/aromatic N) is 1. The highest BCUT2D eigenvalue weighted by atomic mass is 32.2. The van der Waals surface area contributed by atoms with Crippen LogP contribution in [0.25, 0.3) is 11.0 Å². The minimum Gasteiger partial charge on any atom is -0.333 e. The number of fused-ring (bicyclic) bond motifs is 1. The van der Waals surface area contributed by atoms with E-state index >= 15 is 0 Å². The highest BCUT2D eigenvalue weighted by Crippen LogP contribution is 2.15. The summed E-state index contributed by atoms with van der Waals surface area (Å²) in [7, 11) is 5.59. The third-order valence-corrected chi connectivity index (χ3v) is 2.19. The van der Waals surface area contributed by atoms with Crippen molar-refractivity contribution in [3.63, 3.8) is 0 Å². The first-order valence-electron chi connectivity index (χ1n) is 4.00. The molecule has 2 rings (SSSR count). The Morgan fingerprint density at radius 1 is 1.75 bits per heavy atom. The topological polar surface area (TPSA) is 28.7 Å². The van der Waals surface area contributed by atoms with Crippen molar-refractivity contribution < 1.29 is 1.37 Å². The van der Waals surface area contributed by atoms with E-state index in [1.807, 2.05) is 6.26 Å². The van der Waals surface area contributed by atoms with Gasteiger partial charge >= 0.3 is 0 Å². The van der Waals surface area contributed by atoms with Gasteiger partial charge in [0.1, 0.15) is 7.85 Å². The molecule has 0 atom stereocenters. The smallest absolute Gasteiger partial charge is 0.166 e. The maximum atomic E-state index is 7.48. The molecule has 4 heteroatoms. The highest BCUT2D eigenvalue weighted by Gasteiger charge is 1.99. The third-order valence-electron chi connectivity index (χ3n) is 1.61. The molecule has 0 amide bonds. The van der Waals surface area contributed by atoms with Crippen LogP contribution in [0.3, 0.4) is 0 Å². The molecule has 1 N–H and O–H groups in total. The SMILES string of the molecule is [2H]c1cc2nc(SC)[nH]c2cc1[B]. The number of hydrogen-bond donors (Lipinski definition) is 1. The fourth-order valence-corrected chi connectivity index (χ4v) is 1.44. The zero-order valence-corrected chi connectivity index (χ0v) is 7.40. The monoisotopic (exact) mass is 175 g/mol. The molecule has 0 spiro atoms. The van der Waals surface area contributed by atoms with Crippen LogP contribution in [-0.4, -0.2) is 24.1 Å². The molecule has 1 aromatic carbocycles. The van der Waals surface area contributed by atoms with Crippen LogP contribution in [0.1, 0.15) is 1.37 Å². The highest BCUT2D eigenvalue weighted by molar-refractivity contribution is 7.98. The Morgan fingerprint density at radius 3 is 3.33 bits per heavy atom. The van der Waals surface area contributed by atoms with Crippen LogP contribution in [0.5, 0.6) is 0 Å². The van der Waals surface area contributed by atoms with Gasteiger partial charge < -0.3 is 4.98 Å². The molecule has 0 unspecified atom stereocenters. The Labute approximate surface area is 77.6 Å². The second-order valence-electron chi connectivity index (χ2n) is 2.43. The average Bonchev–Trinajstić information content (AvgIpc) is 2.48. The maximum absolute atomic E-state index is 7.48. The standard InChI is InChI=1S/C8H7BN2S/c1-12-8-10-6-3-2-5(9)4-7(6)11-8/h2-4H,1H3,(H,10,11)/i2D. The van der Waals surface area contributed by atoms with Crippen molar-refractivity contribution in [2.24, 2.45) is 0 Å². The summed E-state index contributed by atoms with van der Waals surface area (Å²) < 4.78 is 7.48. The van der Waals surface area contributed by atoms with Crippen molar-refractivity contribution >= 4 is 36.1 Å². The minimum atomic E-state index is 0.326. The average molecular weight is 175 g/mol. The molecule has 1 aromatic heterocycles. The number of rotatable bonds is 1. The Hall–Kier alpha value is -0.895. The van der Waals surface area contributed by atoms with Crippen LogP contribution in [0.2, 0.25) is 0 Å². The fourth-order valence-electron chi connectivity index (χ4n) is 1.04. The van der Waals surface area contributed by atoms with E-state index in [4.69, 9.17) is 9.22 Å². The molecule has 0 fully saturated rings. The van der Waals surface area contributed by atoms with Gasteiger partial charge in [0.15, 0.2) is 5.16 Å². The van der Waals surface area contributed by atoms with Crippen LogP contribution in [-0.2, 0) is 0 Å². The van der Waals surface area contributed by atoms with Crippen molar-refractivity contribution in [1.82, 2.24) is 9.97 Å². The zero-order chi connectivity index (χ0) is 9.42. The summed E-state index contributed by atoms with van der Waals surface area (Å²) >= 11 is 1.54. The molecule has 0 saturated carbocycles. The molecule has 2 nitrogen and oxygen atoms in total. The number of H-pyrrole nitrogens is 1. The largest absolute Gasteiger partial charge is 0.333 e. The normalized spacial score (nSPS) is 11.9. The number of benzene rings is 1. The molecule has 0 aliphatic heterocycles. The second kappa shape index (κ2) is 2.86. The molecular weight excluding hydrogens is 167 g/mol.